The van der Waals surface area contributed by atoms with Gasteiger partial charge in [-0.15, -0.1) is 0 Å². The van der Waals surface area contributed by atoms with Crippen LogP contribution in [-0.2, 0) is 7.05 Å². The Morgan fingerprint density at radius 2 is 1.96 bits per heavy atom. The summed E-state index contributed by atoms with van der Waals surface area (Å²) in [6.07, 6.45) is 0.774. The lowest BCUT2D eigenvalue weighted by Gasteiger charge is -2.12. The smallest absolute Gasteiger partial charge is 0.276 e. The molecule has 0 spiro atoms. The van der Waals surface area contributed by atoms with E-state index >= 15 is 0 Å². The van der Waals surface area contributed by atoms with Crippen LogP contribution in [0.4, 0.5) is 5.69 Å². The van der Waals surface area contributed by atoms with Crippen molar-refractivity contribution in [1.29, 1.82) is 0 Å². The minimum atomic E-state index is -0.475. The van der Waals surface area contributed by atoms with E-state index < -0.39 is 5.91 Å². The van der Waals surface area contributed by atoms with Crippen molar-refractivity contribution >= 4 is 23.2 Å². The predicted molar refractivity (Wildman–Crippen MR) is 84.5 cm³/mol. The Balaban J connectivity index is 1.87. The lowest BCUT2D eigenvalue weighted by atomic mass is 10.2. The fraction of sp³-hybridized carbons (Fsp3) is 0.267. The van der Waals surface area contributed by atoms with Gasteiger partial charge in [0.2, 0.25) is 0 Å². The first-order valence-electron chi connectivity index (χ1n) is 6.99. The topological polar surface area (TPSA) is 82.5 Å². The van der Waals surface area contributed by atoms with Gasteiger partial charge < -0.3 is 14.8 Å². The van der Waals surface area contributed by atoms with Crippen LogP contribution in [0.3, 0.4) is 0 Å². The molecule has 0 radical (unpaired) electrons. The molecular weight excluding hydrogens is 322 g/mol. The van der Waals surface area contributed by atoms with Crippen molar-refractivity contribution in [3.8, 4) is 11.5 Å². The van der Waals surface area contributed by atoms with Crippen molar-refractivity contribution in [1.82, 2.24) is 9.78 Å². The molecule has 2 aromatic rings. The molecule has 8 heteroatoms. The second kappa shape index (κ2) is 6.29. The quantitative estimate of drug-likeness (QED) is 0.905. The minimum absolute atomic E-state index is 0.107. The Hall–Kier alpha value is -2.54. The van der Waals surface area contributed by atoms with Crippen LogP contribution in [0, 0.1) is 0 Å². The molecule has 3 rings (SSSR count). The second-order valence-electron chi connectivity index (χ2n) is 4.96. The van der Waals surface area contributed by atoms with Crippen LogP contribution in [-0.4, -0.2) is 28.9 Å². The zero-order valence-electron chi connectivity index (χ0n) is 12.3. The van der Waals surface area contributed by atoms with Crippen LogP contribution in [0.2, 0.25) is 5.02 Å². The van der Waals surface area contributed by atoms with E-state index in [1.54, 1.807) is 12.1 Å². The number of hydrogen-bond donors (Lipinski definition) is 1. The molecule has 1 aliphatic heterocycles. The first kappa shape index (κ1) is 15.4. The van der Waals surface area contributed by atoms with Crippen molar-refractivity contribution in [2.45, 2.75) is 6.42 Å². The van der Waals surface area contributed by atoms with E-state index in [0.29, 0.717) is 35.4 Å². The SMILES string of the molecule is Cn1nc(C(=O)Nc2cc3c(cc2Cl)OCCCO3)ccc1=O. The molecule has 7 nitrogen and oxygen atoms in total. The molecule has 1 aliphatic rings. The maximum absolute atomic E-state index is 12.2. The number of benzene rings is 1. The lowest BCUT2D eigenvalue weighted by Crippen LogP contribution is -2.23. The average Bonchev–Trinajstić information content (AvgIpc) is 2.75. The number of carbonyl (C=O) groups excluding carboxylic acids is 1. The van der Waals surface area contributed by atoms with E-state index in [0.717, 1.165) is 11.1 Å². The van der Waals surface area contributed by atoms with Gasteiger partial charge in [0, 0.05) is 31.7 Å². The highest BCUT2D eigenvalue weighted by Gasteiger charge is 2.17. The van der Waals surface area contributed by atoms with Crippen LogP contribution in [0.15, 0.2) is 29.1 Å². The van der Waals surface area contributed by atoms with E-state index in [9.17, 15) is 9.59 Å². The van der Waals surface area contributed by atoms with Crippen LogP contribution in [0.5, 0.6) is 11.5 Å². The van der Waals surface area contributed by atoms with Gasteiger partial charge in [0.1, 0.15) is 5.69 Å². The van der Waals surface area contributed by atoms with Gasteiger partial charge in [-0.1, -0.05) is 11.6 Å². The molecule has 23 heavy (non-hydrogen) atoms. The number of carbonyl (C=O) groups is 1. The number of aromatic nitrogens is 2. The molecule has 0 bridgehead atoms. The van der Waals surface area contributed by atoms with Crippen LogP contribution < -0.4 is 20.3 Å². The standard InChI is InChI=1S/C15H14ClN3O4/c1-19-14(20)4-3-10(18-19)15(21)17-11-8-13-12(7-9(11)16)22-5-2-6-23-13/h3-4,7-8H,2,5-6H2,1H3,(H,17,21). The largest absolute Gasteiger partial charge is 0.490 e. The van der Waals surface area contributed by atoms with E-state index in [4.69, 9.17) is 21.1 Å². The highest BCUT2D eigenvalue weighted by atomic mass is 35.5. The Labute approximate surface area is 136 Å². The summed E-state index contributed by atoms with van der Waals surface area (Å²) >= 11 is 6.18. The average molecular weight is 336 g/mol. The van der Waals surface area contributed by atoms with Crippen LogP contribution in [0.1, 0.15) is 16.9 Å². The number of nitrogens with one attached hydrogen (secondary N) is 1. The number of nitrogens with zero attached hydrogens (tertiary/aromatic N) is 2. The highest BCUT2D eigenvalue weighted by Crippen LogP contribution is 2.37. The van der Waals surface area contributed by atoms with Gasteiger partial charge in [-0.2, -0.15) is 5.10 Å². The molecule has 1 N–H and O–H groups in total. The van der Waals surface area contributed by atoms with Gasteiger partial charge in [-0.25, -0.2) is 4.68 Å². The third-order valence-electron chi connectivity index (χ3n) is 3.28. The summed E-state index contributed by atoms with van der Waals surface area (Å²) in [5.41, 5.74) is 0.196. The van der Waals surface area contributed by atoms with Gasteiger partial charge in [0.15, 0.2) is 11.5 Å². The number of amides is 1. The molecule has 0 saturated heterocycles. The fourth-order valence-corrected chi connectivity index (χ4v) is 2.29. The summed E-state index contributed by atoms with van der Waals surface area (Å²) < 4.78 is 12.2. The molecule has 1 amide bonds. The first-order valence-corrected chi connectivity index (χ1v) is 7.37. The van der Waals surface area contributed by atoms with Crippen molar-refractivity contribution in [3.05, 3.63) is 45.3 Å². The molecule has 0 atom stereocenters. The van der Waals surface area contributed by atoms with Crippen molar-refractivity contribution in [2.24, 2.45) is 7.05 Å². The Morgan fingerprint density at radius 3 is 2.65 bits per heavy atom. The molecule has 120 valence electrons. The van der Waals surface area contributed by atoms with E-state index in [1.807, 2.05) is 0 Å². The molecule has 0 unspecified atom stereocenters. The maximum atomic E-state index is 12.2. The normalized spacial score (nSPS) is 13.3. The van der Waals surface area contributed by atoms with Crippen LogP contribution >= 0.6 is 11.6 Å². The van der Waals surface area contributed by atoms with Crippen molar-refractivity contribution in [2.75, 3.05) is 18.5 Å². The Morgan fingerprint density at radius 1 is 1.26 bits per heavy atom. The summed E-state index contributed by atoms with van der Waals surface area (Å²) in [5, 5.41) is 6.88. The molecule has 0 saturated carbocycles. The zero-order chi connectivity index (χ0) is 16.4. The van der Waals surface area contributed by atoms with E-state index in [2.05, 4.69) is 10.4 Å². The summed E-state index contributed by atoms with van der Waals surface area (Å²) in [6.45, 7) is 1.08. The number of halogens is 1. The summed E-state index contributed by atoms with van der Waals surface area (Å²) in [4.78, 5) is 23.6. The number of hydrogen-bond acceptors (Lipinski definition) is 5. The van der Waals surface area contributed by atoms with Gasteiger partial charge in [0.25, 0.3) is 11.5 Å². The minimum Gasteiger partial charge on any atom is -0.490 e. The van der Waals surface area contributed by atoms with Crippen LogP contribution in [0.25, 0.3) is 0 Å². The second-order valence-corrected chi connectivity index (χ2v) is 5.37. The number of fused-ring (bicyclic) bond motifs is 1. The van der Waals surface area contributed by atoms with Crippen molar-refractivity contribution in [3.63, 3.8) is 0 Å². The zero-order valence-corrected chi connectivity index (χ0v) is 13.1. The van der Waals surface area contributed by atoms with Gasteiger partial charge in [-0.05, 0) is 6.07 Å². The number of aryl methyl sites for hydroxylation is 1. The molecule has 1 aromatic heterocycles. The summed E-state index contributed by atoms with van der Waals surface area (Å²) in [7, 11) is 1.47. The van der Waals surface area contributed by atoms with E-state index in [-0.39, 0.29) is 11.3 Å². The molecule has 1 aromatic carbocycles. The molecule has 0 fully saturated rings. The van der Waals surface area contributed by atoms with Crippen molar-refractivity contribution < 1.29 is 14.3 Å². The summed E-state index contributed by atoms with van der Waals surface area (Å²) in [6, 6.07) is 5.85. The monoisotopic (exact) mass is 335 g/mol. The van der Waals surface area contributed by atoms with Gasteiger partial charge in [0.05, 0.1) is 23.9 Å². The first-order chi connectivity index (χ1) is 11.0. The number of anilines is 1. The summed E-state index contributed by atoms with van der Waals surface area (Å²) in [5.74, 6) is 0.596. The molecule has 0 aliphatic carbocycles. The highest BCUT2D eigenvalue weighted by molar-refractivity contribution is 6.34. The van der Waals surface area contributed by atoms with Gasteiger partial charge >= 0.3 is 0 Å². The number of rotatable bonds is 2. The Kier molecular flexibility index (Phi) is 4.20. The lowest BCUT2D eigenvalue weighted by molar-refractivity contribution is 0.102. The number of ether oxygens (including phenoxy) is 2. The third kappa shape index (κ3) is 3.29. The molecular formula is C15H14ClN3O4. The predicted octanol–water partition coefficient (Wildman–Crippen LogP) is 1.85. The van der Waals surface area contributed by atoms with Gasteiger partial charge in [-0.3, -0.25) is 9.59 Å². The van der Waals surface area contributed by atoms with E-state index in [1.165, 1.54) is 19.2 Å². The fourth-order valence-electron chi connectivity index (χ4n) is 2.09. The third-order valence-corrected chi connectivity index (χ3v) is 3.59. The molecule has 2 heterocycles. The Bertz CT molecular complexity index is 819. The maximum Gasteiger partial charge on any atom is 0.276 e.